The monoisotopic (exact) mass is 1590 g/mol. The van der Waals surface area contributed by atoms with Crippen LogP contribution in [0.3, 0.4) is 0 Å². The molecule has 3 heteroatoms. The van der Waals surface area contributed by atoms with Crippen molar-refractivity contribution in [2.75, 3.05) is 14.7 Å². The molecule has 123 heavy (non-hydrogen) atoms. The van der Waals surface area contributed by atoms with Crippen LogP contribution in [0.15, 0.2) is 431 Å². The van der Waals surface area contributed by atoms with Gasteiger partial charge in [-0.1, -0.05) is 386 Å². The molecule has 0 spiro atoms. The molecule has 0 fully saturated rings. The molecule has 0 aromatic heterocycles. The van der Waals surface area contributed by atoms with Crippen LogP contribution in [0.5, 0.6) is 0 Å². The van der Waals surface area contributed by atoms with E-state index < -0.39 is 0 Å². The molecule has 17 aromatic rings. The van der Waals surface area contributed by atoms with Gasteiger partial charge in [0, 0.05) is 56.6 Å². The van der Waals surface area contributed by atoms with E-state index in [1.807, 2.05) is 0 Å². The number of benzene rings is 17. The molecule has 0 unspecified atom stereocenters. The first-order valence-electron chi connectivity index (χ1n) is 43.5. The zero-order chi connectivity index (χ0) is 84.8. The molecule has 3 nitrogen and oxygen atoms in total. The van der Waals surface area contributed by atoms with Crippen LogP contribution in [0.1, 0.15) is 116 Å². The number of hydrogen-bond donors (Lipinski definition) is 0. The summed E-state index contributed by atoms with van der Waals surface area (Å²) in [4.78, 5) is 7.00. The third-order valence-electron chi connectivity index (χ3n) is 28.2. The highest BCUT2D eigenvalue weighted by molar-refractivity contribution is 5.94. The fraction of sp³-hybridized carbons (Fsp3) is 0.150. The molecule has 0 atom stereocenters. The molecular weight excluding hydrogens is 1480 g/mol. The normalized spacial score (nSPS) is 14.6. The van der Waals surface area contributed by atoms with Gasteiger partial charge in [0.2, 0.25) is 0 Å². The smallest absolute Gasteiger partial charge is 0.0467 e. The summed E-state index contributed by atoms with van der Waals surface area (Å²) < 4.78 is 0. The van der Waals surface area contributed by atoms with Gasteiger partial charge in [-0.25, -0.2) is 0 Å². The summed E-state index contributed by atoms with van der Waals surface area (Å²) in [7, 11) is 0. The molecule has 3 aliphatic carbocycles. The van der Waals surface area contributed by atoms with E-state index in [4.69, 9.17) is 0 Å². The van der Waals surface area contributed by atoms with E-state index in [9.17, 15) is 0 Å². The highest BCUT2D eigenvalue weighted by Crippen LogP contribution is 2.60. The van der Waals surface area contributed by atoms with Gasteiger partial charge in [0.25, 0.3) is 0 Å². The highest BCUT2D eigenvalue weighted by atomic mass is 15.2. The summed E-state index contributed by atoms with van der Waals surface area (Å²) >= 11 is 0. The Morgan fingerprint density at radius 2 is 0.407 bits per heavy atom. The quantitative estimate of drug-likeness (QED) is 0.107. The summed E-state index contributed by atoms with van der Waals surface area (Å²) in [6, 6.07) is 156. The Hall–Kier alpha value is -13.9. The topological polar surface area (TPSA) is 9.72 Å². The van der Waals surface area contributed by atoms with Gasteiger partial charge in [-0.2, -0.15) is 0 Å². The average Bonchev–Trinajstić information content (AvgIpc) is 0.714. The van der Waals surface area contributed by atoms with Crippen LogP contribution in [-0.2, 0) is 32.5 Å². The van der Waals surface area contributed by atoms with Crippen LogP contribution in [0, 0.1) is 0 Å². The SMILES string of the molecule is CC1(C)c2cc(-c3cccc(N(c4ccccc4)c4ccccc4)c3)ccc2-c2c(-c3ccccc3)cccc2C1(C)C.CC1(C)c2ccc(-c3ccccc3)cc2-c2cc(-c3cccc(N(c4ccccc4)c4ccccc4)c3)ccc2C1(C)C.CC1(C)c2ccccc2-c2cccc(-c3cccc(N(c4ccccc4)c4ccccc4)c3)c2C1(C)C. The van der Waals surface area contributed by atoms with Gasteiger partial charge in [-0.05, 0) is 277 Å². The second-order valence-electron chi connectivity index (χ2n) is 36.4. The molecule has 3 aliphatic rings. The van der Waals surface area contributed by atoms with Crippen LogP contribution in [0.2, 0.25) is 0 Å². The zero-order valence-corrected chi connectivity index (χ0v) is 72.8. The van der Waals surface area contributed by atoms with Crippen molar-refractivity contribution in [3.63, 3.8) is 0 Å². The molecular formula is C120H107N3. The fourth-order valence-electron chi connectivity index (χ4n) is 19.5. The van der Waals surface area contributed by atoms with Gasteiger partial charge in [0.05, 0.1) is 0 Å². The van der Waals surface area contributed by atoms with Crippen molar-refractivity contribution in [1.82, 2.24) is 0 Å². The Morgan fingerprint density at radius 3 is 0.854 bits per heavy atom. The van der Waals surface area contributed by atoms with Crippen LogP contribution < -0.4 is 14.7 Å². The summed E-state index contributed by atoms with van der Waals surface area (Å²) in [6.07, 6.45) is 0. The van der Waals surface area contributed by atoms with Gasteiger partial charge in [0.15, 0.2) is 0 Å². The van der Waals surface area contributed by atoms with Crippen LogP contribution in [0.25, 0.3) is 89.0 Å². The van der Waals surface area contributed by atoms with Crippen LogP contribution >= 0.6 is 0 Å². The minimum atomic E-state index is -0.0711. The summed E-state index contributed by atoms with van der Waals surface area (Å²) in [5.74, 6) is 0. The predicted octanol–water partition coefficient (Wildman–Crippen LogP) is 33.5. The maximum Gasteiger partial charge on any atom is 0.0467 e. The maximum absolute atomic E-state index is 2.45. The number of anilines is 9. The Bertz CT molecular complexity index is 6530. The lowest BCUT2D eigenvalue weighted by atomic mass is 9.54. The molecule has 0 radical (unpaired) electrons. The van der Waals surface area contributed by atoms with Crippen molar-refractivity contribution in [1.29, 1.82) is 0 Å². The van der Waals surface area contributed by atoms with E-state index in [0.717, 1.165) is 51.2 Å². The zero-order valence-electron chi connectivity index (χ0n) is 72.8. The Kier molecular flexibility index (Phi) is 21.3. The molecule has 0 aliphatic heterocycles. The number of hydrogen-bond acceptors (Lipinski definition) is 3. The number of nitrogens with zero attached hydrogens (tertiary/aromatic N) is 3. The number of fused-ring (bicyclic) bond motifs is 9. The molecule has 0 bridgehead atoms. The van der Waals surface area contributed by atoms with Crippen molar-refractivity contribution in [2.24, 2.45) is 0 Å². The molecule has 0 saturated carbocycles. The minimum Gasteiger partial charge on any atom is -0.310 e. The van der Waals surface area contributed by atoms with Gasteiger partial charge in [-0.15, -0.1) is 0 Å². The van der Waals surface area contributed by atoms with E-state index in [-0.39, 0.29) is 32.5 Å². The van der Waals surface area contributed by atoms with Crippen molar-refractivity contribution in [3.05, 3.63) is 464 Å². The van der Waals surface area contributed by atoms with Crippen molar-refractivity contribution < 1.29 is 0 Å². The van der Waals surface area contributed by atoms with E-state index in [2.05, 4.69) is 528 Å². The van der Waals surface area contributed by atoms with E-state index in [1.165, 1.54) is 122 Å². The fourth-order valence-corrected chi connectivity index (χ4v) is 19.5. The lowest BCUT2D eigenvalue weighted by Crippen LogP contribution is -2.43. The molecule has 0 N–H and O–H groups in total. The minimum absolute atomic E-state index is 0.00950. The third kappa shape index (κ3) is 14.6. The first-order chi connectivity index (χ1) is 59.6. The first kappa shape index (κ1) is 80.2. The summed E-state index contributed by atoms with van der Waals surface area (Å²) in [5, 5.41) is 0. The van der Waals surface area contributed by atoms with E-state index in [1.54, 1.807) is 0 Å². The van der Waals surface area contributed by atoms with Gasteiger partial charge in [-0.3, -0.25) is 0 Å². The highest BCUT2D eigenvalue weighted by Gasteiger charge is 2.49. The lowest BCUT2D eigenvalue weighted by Gasteiger charge is -2.49. The molecule has 20 rings (SSSR count). The Balaban J connectivity index is 0.000000126. The van der Waals surface area contributed by atoms with Gasteiger partial charge >= 0.3 is 0 Å². The summed E-state index contributed by atoms with van der Waals surface area (Å²) in [5.41, 5.74) is 39.2. The first-order valence-corrected chi connectivity index (χ1v) is 43.5. The molecule has 0 saturated heterocycles. The Morgan fingerprint density at radius 1 is 0.138 bits per heavy atom. The maximum atomic E-state index is 2.45. The average molecular weight is 1590 g/mol. The second kappa shape index (κ2) is 32.6. The third-order valence-corrected chi connectivity index (χ3v) is 28.2. The number of rotatable bonds is 14. The largest absolute Gasteiger partial charge is 0.310 e. The van der Waals surface area contributed by atoms with Crippen LogP contribution in [0.4, 0.5) is 51.2 Å². The van der Waals surface area contributed by atoms with E-state index in [0.29, 0.717) is 0 Å². The van der Waals surface area contributed by atoms with Crippen molar-refractivity contribution in [3.8, 4) is 89.0 Å². The number of para-hydroxylation sites is 6. The van der Waals surface area contributed by atoms with Crippen LogP contribution in [-0.4, -0.2) is 0 Å². The van der Waals surface area contributed by atoms with Gasteiger partial charge in [0.1, 0.15) is 0 Å². The summed E-state index contributed by atoms with van der Waals surface area (Å²) in [6.45, 7) is 28.9. The Labute approximate surface area is 729 Å². The second-order valence-corrected chi connectivity index (χ2v) is 36.4. The molecule has 0 amide bonds. The van der Waals surface area contributed by atoms with Crippen molar-refractivity contribution >= 4 is 51.2 Å². The molecule has 0 heterocycles. The standard InChI is InChI=1S/2C42H37N.C36H33N/c1-41(2)38-25-15-24-36(30-16-8-5-9-17-30)40(38)37-27-26-32(29-39(37)42(41,3)4)31-18-14-23-35(28-31)43(33-19-10-6-11-20-33)34-21-12-7-13-22-34;1-41(2)39-25-23-32(30-15-8-5-9-16-30)28-37(39)38-29-33(24-26-40(38)42(41,3)4)31-17-14-22-36(27-31)43(34-18-10-6-11-19-34)35-20-12-7-13-21-35;1-35(2)33-24-12-11-21-31(33)32-23-14-22-30(34(32)36(35,3)4)26-15-13-20-29(25-26)37(27-16-7-5-8-17-27)28-18-9-6-10-19-28/h2*5-29H,1-4H3;5-25H,1-4H3. The van der Waals surface area contributed by atoms with Gasteiger partial charge < -0.3 is 14.7 Å². The molecule has 17 aromatic carbocycles. The van der Waals surface area contributed by atoms with Crippen molar-refractivity contribution in [2.45, 2.75) is 116 Å². The predicted molar refractivity (Wildman–Crippen MR) is 525 cm³/mol. The van der Waals surface area contributed by atoms with E-state index >= 15 is 0 Å². The molecule has 602 valence electrons. The lowest BCUT2D eigenvalue weighted by molar-refractivity contribution is 0.299.